The Labute approximate surface area is 110 Å². The van der Waals surface area contributed by atoms with Crippen molar-refractivity contribution in [3.63, 3.8) is 0 Å². The van der Waals surface area contributed by atoms with E-state index in [-0.39, 0.29) is 0 Å². The molecule has 2 aliphatic rings. The molecule has 0 amide bonds. The fraction of sp³-hybridized carbons (Fsp3) is 0.625. The van der Waals surface area contributed by atoms with E-state index in [9.17, 15) is 0 Å². The maximum Gasteiger partial charge on any atom is 0.122 e. The predicted octanol–water partition coefficient (Wildman–Crippen LogP) is 3.22. The van der Waals surface area contributed by atoms with Gasteiger partial charge in [-0.25, -0.2) is 0 Å². The molecule has 0 aromatic heterocycles. The van der Waals surface area contributed by atoms with Gasteiger partial charge in [0.1, 0.15) is 5.75 Å². The third-order valence-corrected chi connectivity index (χ3v) is 4.19. The molecule has 1 heterocycles. The Morgan fingerprint density at radius 1 is 1.22 bits per heavy atom. The molecule has 1 aromatic rings. The molecule has 1 aliphatic heterocycles. The monoisotopic (exact) mass is 245 g/mol. The maximum absolute atomic E-state index is 6.12. The van der Waals surface area contributed by atoms with E-state index in [0.717, 1.165) is 12.2 Å². The zero-order valence-electron chi connectivity index (χ0n) is 11.2. The molecule has 1 saturated heterocycles. The fourth-order valence-corrected chi connectivity index (χ4v) is 2.85. The average Bonchev–Trinajstić information content (AvgIpc) is 2.78. The lowest BCUT2D eigenvalue weighted by Gasteiger charge is -2.28. The number of nitrogens with one attached hydrogen (secondary N) is 1. The Balaban J connectivity index is 1.73. The maximum atomic E-state index is 6.12. The minimum atomic E-state index is 0.475. The summed E-state index contributed by atoms with van der Waals surface area (Å²) in [5, 5.41) is 3.58. The second kappa shape index (κ2) is 5.31. The van der Waals surface area contributed by atoms with Crippen LogP contribution in [0.15, 0.2) is 18.2 Å². The number of benzene rings is 1. The first-order chi connectivity index (χ1) is 8.81. The Hall–Kier alpha value is -1.02. The number of aryl methyl sites for hydroxylation is 1. The normalized spacial score (nSPS) is 23.9. The number of ether oxygens (including phenoxy) is 1. The number of hydrogen-bond donors (Lipinski definition) is 1. The molecule has 0 spiro atoms. The number of rotatable bonds is 4. The molecule has 0 bridgehead atoms. The molecular weight excluding hydrogens is 222 g/mol. The van der Waals surface area contributed by atoms with Crippen LogP contribution in [0.1, 0.15) is 43.2 Å². The summed E-state index contributed by atoms with van der Waals surface area (Å²) < 4.78 is 6.12. The summed E-state index contributed by atoms with van der Waals surface area (Å²) in [5.41, 5.74) is 2.73. The van der Waals surface area contributed by atoms with E-state index in [0.29, 0.717) is 12.1 Å². The van der Waals surface area contributed by atoms with Gasteiger partial charge in [0.05, 0.1) is 6.10 Å². The Morgan fingerprint density at radius 3 is 2.78 bits per heavy atom. The lowest BCUT2D eigenvalue weighted by molar-refractivity contribution is 0.119. The smallest absolute Gasteiger partial charge is 0.122 e. The van der Waals surface area contributed by atoms with Crippen molar-refractivity contribution < 1.29 is 4.74 Å². The van der Waals surface area contributed by atoms with Gasteiger partial charge in [-0.15, -0.1) is 0 Å². The summed E-state index contributed by atoms with van der Waals surface area (Å²) in [6.45, 7) is 3.34. The summed E-state index contributed by atoms with van der Waals surface area (Å²) >= 11 is 0. The van der Waals surface area contributed by atoms with Gasteiger partial charge in [-0.1, -0.05) is 17.7 Å². The van der Waals surface area contributed by atoms with Crippen molar-refractivity contribution in [3.8, 4) is 5.75 Å². The van der Waals surface area contributed by atoms with Crippen LogP contribution in [0.3, 0.4) is 0 Å². The van der Waals surface area contributed by atoms with Gasteiger partial charge in [-0.3, -0.25) is 0 Å². The van der Waals surface area contributed by atoms with Crippen LogP contribution in [0.5, 0.6) is 5.75 Å². The first-order valence-corrected chi connectivity index (χ1v) is 7.31. The Kier molecular flexibility index (Phi) is 3.55. The topological polar surface area (TPSA) is 21.3 Å². The van der Waals surface area contributed by atoms with E-state index in [1.165, 1.54) is 49.8 Å². The van der Waals surface area contributed by atoms with E-state index in [2.05, 4.69) is 30.4 Å². The zero-order valence-corrected chi connectivity index (χ0v) is 11.2. The summed E-state index contributed by atoms with van der Waals surface area (Å²) in [4.78, 5) is 0. The van der Waals surface area contributed by atoms with E-state index in [4.69, 9.17) is 4.74 Å². The lowest BCUT2D eigenvalue weighted by atomic mass is 9.95. The quantitative estimate of drug-likeness (QED) is 0.879. The van der Waals surface area contributed by atoms with Crippen LogP contribution in [0.25, 0.3) is 0 Å². The highest BCUT2D eigenvalue weighted by Gasteiger charge is 2.22. The van der Waals surface area contributed by atoms with E-state index in [1.54, 1.807) is 0 Å². The molecule has 2 nitrogen and oxygen atoms in total. The molecule has 98 valence electrons. The van der Waals surface area contributed by atoms with Crippen LogP contribution in [-0.2, 0) is 6.42 Å². The van der Waals surface area contributed by atoms with Gasteiger partial charge in [-0.2, -0.15) is 0 Å². The van der Waals surface area contributed by atoms with E-state index in [1.807, 2.05) is 0 Å². The van der Waals surface area contributed by atoms with Crippen molar-refractivity contribution in [2.75, 3.05) is 6.54 Å². The standard InChI is InChI=1S/C16H23NO/c1-12-7-8-16(18-15-5-2-6-15)13(10-12)11-14-4-3-9-17-14/h7-8,10,14-15,17H,2-6,9,11H2,1H3. The Morgan fingerprint density at radius 2 is 2.11 bits per heavy atom. The minimum absolute atomic E-state index is 0.475. The van der Waals surface area contributed by atoms with Gasteiger partial charge in [0.15, 0.2) is 0 Å². The van der Waals surface area contributed by atoms with Crippen LogP contribution in [0.4, 0.5) is 0 Å². The van der Waals surface area contributed by atoms with E-state index >= 15 is 0 Å². The van der Waals surface area contributed by atoms with Gasteiger partial charge in [-0.05, 0) is 63.6 Å². The molecule has 1 saturated carbocycles. The largest absolute Gasteiger partial charge is 0.490 e. The second-order valence-electron chi connectivity index (χ2n) is 5.78. The van der Waals surface area contributed by atoms with Crippen molar-refractivity contribution in [1.29, 1.82) is 0 Å². The highest BCUT2D eigenvalue weighted by Crippen LogP contribution is 2.29. The average molecular weight is 245 g/mol. The fourth-order valence-electron chi connectivity index (χ4n) is 2.85. The zero-order chi connectivity index (χ0) is 12.4. The summed E-state index contributed by atoms with van der Waals surface area (Å²) in [6.07, 6.45) is 8.00. The van der Waals surface area contributed by atoms with Crippen molar-refractivity contribution in [1.82, 2.24) is 5.32 Å². The van der Waals surface area contributed by atoms with Crippen molar-refractivity contribution in [3.05, 3.63) is 29.3 Å². The minimum Gasteiger partial charge on any atom is -0.490 e. The molecule has 1 unspecified atom stereocenters. The van der Waals surface area contributed by atoms with Gasteiger partial charge in [0.25, 0.3) is 0 Å². The van der Waals surface area contributed by atoms with E-state index < -0.39 is 0 Å². The van der Waals surface area contributed by atoms with Crippen LogP contribution >= 0.6 is 0 Å². The SMILES string of the molecule is Cc1ccc(OC2CCC2)c(CC2CCCN2)c1. The first-order valence-electron chi connectivity index (χ1n) is 7.31. The molecule has 18 heavy (non-hydrogen) atoms. The molecule has 2 heteroatoms. The van der Waals surface area contributed by atoms with Gasteiger partial charge >= 0.3 is 0 Å². The van der Waals surface area contributed by atoms with Crippen LogP contribution in [0, 0.1) is 6.92 Å². The van der Waals surface area contributed by atoms with Gasteiger partial charge < -0.3 is 10.1 Å². The third kappa shape index (κ3) is 2.69. The van der Waals surface area contributed by atoms with Gasteiger partial charge in [0.2, 0.25) is 0 Å². The third-order valence-electron chi connectivity index (χ3n) is 4.19. The highest BCUT2D eigenvalue weighted by atomic mass is 16.5. The molecule has 3 rings (SSSR count). The molecule has 1 N–H and O–H groups in total. The summed E-state index contributed by atoms with van der Waals surface area (Å²) in [5.74, 6) is 1.12. The molecule has 1 aromatic carbocycles. The van der Waals surface area contributed by atoms with Gasteiger partial charge in [0, 0.05) is 6.04 Å². The molecule has 1 aliphatic carbocycles. The van der Waals surface area contributed by atoms with Crippen molar-refractivity contribution in [2.45, 2.75) is 57.6 Å². The van der Waals surface area contributed by atoms with Crippen LogP contribution in [0.2, 0.25) is 0 Å². The lowest BCUT2D eigenvalue weighted by Crippen LogP contribution is -2.27. The molecular formula is C16H23NO. The number of hydrogen-bond acceptors (Lipinski definition) is 2. The van der Waals surface area contributed by atoms with Crippen molar-refractivity contribution in [2.24, 2.45) is 0 Å². The predicted molar refractivity (Wildman–Crippen MR) is 74.2 cm³/mol. The molecule has 1 atom stereocenters. The summed E-state index contributed by atoms with van der Waals surface area (Å²) in [6, 6.07) is 7.28. The first kappa shape index (κ1) is 12.0. The van der Waals surface area contributed by atoms with Crippen LogP contribution < -0.4 is 10.1 Å². The molecule has 2 fully saturated rings. The molecule has 0 radical (unpaired) electrons. The highest BCUT2D eigenvalue weighted by molar-refractivity contribution is 5.38. The second-order valence-corrected chi connectivity index (χ2v) is 5.78. The summed E-state index contributed by atoms with van der Waals surface area (Å²) in [7, 11) is 0. The Bertz CT molecular complexity index is 406. The van der Waals surface area contributed by atoms with Crippen molar-refractivity contribution >= 4 is 0 Å². The van der Waals surface area contributed by atoms with Crippen LogP contribution in [-0.4, -0.2) is 18.7 Å².